The molecule has 0 aliphatic carbocycles. The standard InChI is InChI=1S/C6H8O7.Pt/c7-3(8)1-6(13,5(11)12)2-4(9)10;/h13H,1-2H2,(H,7,8)(H,9,10)(H,11,12);/q;+2. The molecule has 7 nitrogen and oxygen atoms in total. The summed E-state index contributed by atoms with van der Waals surface area (Å²) in [6, 6.07) is 0. The Morgan fingerprint density at radius 1 is 0.929 bits per heavy atom. The first kappa shape index (κ1) is 15.5. The number of hydrogen-bond donors (Lipinski definition) is 4. The van der Waals surface area contributed by atoms with Gasteiger partial charge in [-0.2, -0.15) is 0 Å². The van der Waals surface area contributed by atoms with Crippen LogP contribution in [0.25, 0.3) is 0 Å². The van der Waals surface area contributed by atoms with E-state index >= 15 is 0 Å². The molecule has 0 aromatic rings. The molecule has 8 heteroatoms. The molecular formula is C6H8O7Pt+2. The summed E-state index contributed by atoms with van der Waals surface area (Å²) in [5.74, 6) is -5.02. The van der Waals surface area contributed by atoms with Gasteiger partial charge in [0.1, 0.15) is 0 Å². The van der Waals surface area contributed by atoms with Crippen molar-refractivity contribution in [3.05, 3.63) is 0 Å². The molecule has 0 fully saturated rings. The number of carboxylic acids is 3. The minimum atomic E-state index is -2.74. The van der Waals surface area contributed by atoms with Gasteiger partial charge in [-0.05, 0) is 0 Å². The number of hydrogen-bond acceptors (Lipinski definition) is 4. The molecule has 82 valence electrons. The zero-order valence-electron chi connectivity index (χ0n) is 6.74. The minimum Gasteiger partial charge on any atom is -0.481 e. The van der Waals surface area contributed by atoms with Crippen molar-refractivity contribution in [3.8, 4) is 0 Å². The molecule has 0 aromatic heterocycles. The quantitative estimate of drug-likeness (QED) is 0.463. The van der Waals surface area contributed by atoms with Crippen molar-refractivity contribution in [2.45, 2.75) is 18.4 Å². The molecule has 0 aromatic carbocycles. The Labute approximate surface area is 92.6 Å². The van der Waals surface area contributed by atoms with Crippen molar-refractivity contribution in [3.63, 3.8) is 0 Å². The maximum Gasteiger partial charge on any atom is 2.00 e. The summed E-state index contributed by atoms with van der Waals surface area (Å²) in [7, 11) is 0. The molecule has 14 heavy (non-hydrogen) atoms. The SMILES string of the molecule is O=C(O)CC(O)(CC(=O)O)C(=O)O.[Pt+2]. The molecule has 0 unspecified atom stereocenters. The monoisotopic (exact) mass is 387 g/mol. The van der Waals surface area contributed by atoms with E-state index in [0.29, 0.717) is 0 Å². The summed E-state index contributed by atoms with van der Waals surface area (Å²) in [6.45, 7) is 0. The summed E-state index contributed by atoms with van der Waals surface area (Å²) >= 11 is 0. The number of carboxylic acid groups (broad SMARTS) is 3. The van der Waals surface area contributed by atoms with Gasteiger partial charge >= 0.3 is 39.0 Å². The molecule has 0 aliphatic rings. The van der Waals surface area contributed by atoms with Crippen LogP contribution in [-0.4, -0.2) is 43.9 Å². The Morgan fingerprint density at radius 2 is 1.21 bits per heavy atom. The van der Waals surface area contributed by atoms with Crippen molar-refractivity contribution in [2.24, 2.45) is 0 Å². The average molecular weight is 387 g/mol. The first-order chi connectivity index (χ1) is 5.78. The van der Waals surface area contributed by atoms with Crippen LogP contribution in [0.4, 0.5) is 0 Å². The van der Waals surface area contributed by atoms with E-state index in [1.165, 1.54) is 0 Å². The summed E-state index contributed by atoms with van der Waals surface area (Å²) in [5.41, 5.74) is -2.74. The van der Waals surface area contributed by atoms with Crippen molar-refractivity contribution in [1.82, 2.24) is 0 Å². The maximum atomic E-state index is 10.3. The number of carbonyl (C=O) groups is 3. The first-order valence-corrected chi connectivity index (χ1v) is 3.17. The van der Waals surface area contributed by atoms with Gasteiger partial charge in [0, 0.05) is 0 Å². The van der Waals surface area contributed by atoms with Crippen LogP contribution in [-0.2, 0) is 35.4 Å². The van der Waals surface area contributed by atoms with E-state index in [2.05, 4.69) is 0 Å². The maximum absolute atomic E-state index is 10.3. The van der Waals surface area contributed by atoms with Crippen LogP contribution >= 0.6 is 0 Å². The second-order valence-electron chi connectivity index (χ2n) is 2.48. The van der Waals surface area contributed by atoms with Crippen LogP contribution in [0.15, 0.2) is 0 Å². The van der Waals surface area contributed by atoms with E-state index in [1.54, 1.807) is 0 Å². The molecule has 0 bridgehead atoms. The number of rotatable bonds is 5. The predicted octanol–water partition coefficient (Wildman–Crippen LogP) is -1.25. The third-order valence-corrected chi connectivity index (χ3v) is 1.29. The van der Waals surface area contributed by atoms with Gasteiger partial charge in [-0.3, -0.25) is 9.59 Å². The summed E-state index contributed by atoms with van der Waals surface area (Å²) in [4.78, 5) is 30.5. The Bertz CT molecular complexity index is 233. The largest absolute Gasteiger partial charge is 2.00 e. The van der Waals surface area contributed by atoms with Gasteiger partial charge in [0.25, 0.3) is 0 Å². The number of aliphatic carboxylic acids is 3. The summed E-state index contributed by atoms with van der Waals surface area (Å²) in [6.07, 6.45) is -2.29. The van der Waals surface area contributed by atoms with Crippen LogP contribution < -0.4 is 0 Å². The van der Waals surface area contributed by atoms with Crippen molar-refractivity contribution >= 4 is 17.9 Å². The van der Waals surface area contributed by atoms with Crippen LogP contribution in [0.5, 0.6) is 0 Å². The fraction of sp³-hybridized carbons (Fsp3) is 0.500. The molecule has 0 heterocycles. The molecule has 0 rings (SSSR count). The molecule has 0 atom stereocenters. The zero-order chi connectivity index (χ0) is 10.6. The third kappa shape index (κ3) is 4.93. The number of aliphatic hydroxyl groups is 1. The average Bonchev–Trinajstić information content (AvgIpc) is 1.82. The molecular weight excluding hydrogens is 379 g/mol. The van der Waals surface area contributed by atoms with E-state index in [1.807, 2.05) is 0 Å². The van der Waals surface area contributed by atoms with Crippen molar-refractivity contribution in [2.75, 3.05) is 0 Å². The molecule has 0 radical (unpaired) electrons. The first-order valence-electron chi connectivity index (χ1n) is 3.17. The topological polar surface area (TPSA) is 132 Å². The smallest absolute Gasteiger partial charge is 0.481 e. The van der Waals surface area contributed by atoms with E-state index in [0.717, 1.165) is 0 Å². The van der Waals surface area contributed by atoms with E-state index in [4.69, 9.17) is 20.4 Å². The fourth-order valence-electron chi connectivity index (χ4n) is 0.714. The molecule has 0 saturated heterocycles. The molecule has 0 spiro atoms. The van der Waals surface area contributed by atoms with Gasteiger partial charge in [-0.15, -0.1) is 0 Å². The van der Waals surface area contributed by atoms with E-state index < -0.39 is 36.4 Å². The van der Waals surface area contributed by atoms with Crippen molar-refractivity contribution in [1.29, 1.82) is 0 Å². The molecule has 0 amide bonds. The fourth-order valence-corrected chi connectivity index (χ4v) is 0.714. The summed E-state index contributed by atoms with van der Waals surface area (Å²) < 4.78 is 0. The van der Waals surface area contributed by atoms with Gasteiger partial charge < -0.3 is 20.4 Å². The second kappa shape index (κ2) is 5.72. The van der Waals surface area contributed by atoms with Gasteiger partial charge in [-0.1, -0.05) is 0 Å². The van der Waals surface area contributed by atoms with Crippen LogP contribution in [0.2, 0.25) is 0 Å². The zero-order valence-corrected chi connectivity index (χ0v) is 9.02. The Balaban J connectivity index is 0. The van der Waals surface area contributed by atoms with E-state index in [-0.39, 0.29) is 21.1 Å². The Morgan fingerprint density at radius 3 is 1.36 bits per heavy atom. The van der Waals surface area contributed by atoms with E-state index in [9.17, 15) is 14.4 Å². The van der Waals surface area contributed by atoms with Gasteiger partial charge in [0.2, 0.25) is 0 Å². The van der Waals surface area contributed by atoms with Gasteiger partial charge in [0.15, 0.2) is 5.60 Å². The van der Waals surface area contributed by atoms with Crippen molar-refractivity contribution < 1.29 is 55.9 Å². The Hall–Kier alpha value is -0.942. The predicted molar refractivity (Wildman–Crippen MR) is 37.1 cm³/mol. The molecule has 4 N–H and O–H groups in total. The van der Waals surface area contributed by atoms with Gasteiger partial charge in [0.05, 0.1) is 12.8 Å². The molecule has 0 saturated carbocycles. The normalized spacial score (nSPS) is 10.1. The minimum absolute atomic E-state index is 0. The third-order valence-electron chi connectivity index (χ3n) is 1.29. The van der Waals surface area contributed by atoms with Gasteiger partial charge in [-0.25, -0.2) is 4.79 Å². The van der Waals surface area contributed by atoms with Crippen LogP contribution in [0.1, 0.15) is 12.8 Å². The molecule has 0 aliphatic heterocycles. The van der Waals surface area contributed by atoms with Crippen LogP contribution in [0.3, 0.4) is 0 Å². The second-order valence-corrected chi connectivity index (χ2v) is 2.48. The summed E-state index contributed by atoms with van der Waals surface area (Å²) in [5, 5.41) is 33.8. The van der Waals surface area contributed by atoms with Crippen LogP contribution in [0, 0.1) is 0 Å². The Kier molecular flexibility index (Phi) is 6.34.